The second-order valence-corrected chi connectivity index (χ2v) is 4.85. The van der Waals surface area contributed by atoms with Gasteiger partial charge in [-0.3, -0.25) is 9.69 Å². The molecule has 0 saturated carbocycles. The predicted molar refractivity (Wildman–Crippen MR) is 73.4 cm³/mol. The third kappa shape index (κ3) is 4.16. The molecule has 0 amide bonds. The molecule has 2 nitrogen and oxygen atoms in total. The van der Waals surface area contributed by atoms with E-state index >= 15 is 0 Å². The Kier molecular flexibility index (Phi) is 4.75. The molecule has 2 aromatic carbocycles. The van der Waals surface area contributed by atoms with E-state index < -0.39 is 17.4 Å². The molecule has 0 radical (unpaired) electrons. The molecule has 2 rings (SSSR count). The maximum Gasteiger partial charge on any atom is 0.179 e. The molecule has 5 heteroatoms. The summed E-state index contributed by atoms with van der Waals surface area (Å²) in [7, 11) is 1.65. The molecular weight excluding hydrogens is 279 g/mol. The number of carbonyl (C=O) groups excluding carboxylic acids is 1. The van der Waals surface area contributed by atoms with Crippen LogP contribution in [0.2, 0.25) is 0 Å². The van der Waals surface area contributed by atoms with Crippen molar-refractivity contribution in [2.45, 2.75) is 6.54 Å². The molecule has 110 valence electrons. The Morgan fingerprint density at radius 3 is 2.48 bits per heavy atom. The lowest BCUT2D eigenvalue weighted by Gasteiger charge is -2.16. The normalized spacial score (nSPS) is 10.9. The highest BCUT2D eigenvalue weighted by Gasteiger charge is 2.15. The van der Waals surface area contributed by atoms with Gasteiger partial charge in [-0.2, -0.15) is 0 Å². The Hall–Kier alpha value is -2.14. The maximum atomic E-state index is 13.5. The smallest absolute Gasteiger partial charge is 0.179 e. The molecule has 0 aliphatic rings. The van der Waals surface area contributed by atoms with Gasteiger partial charge in [0.05, 0.1) is 12.1 Å². The lowest BCUT2D eigenvalue weighted by atomic mass is 10.1. The summed E-state index contributed by atoms with van der Waals surface area (Å²) in [5.74, 6) is -2.29. The first kappa shape index (κ1) is 15.3. The summed E-state index contributed by atoms with van der Waals surface area (Å²) in [6.07, 6.45) is 0. The highest BCUT2D eigenvalue weighted by atomic mass is 19.1. The number of rotatable bonds is 5. The first-order valence-corrected chi connectivity index (χ1v) is 6.37. The van der Waals surface area contributed by atoms with E-state index in [9.17, 15) is 18.0 Å². The first-order chi connectivity index (χ1) is 9.95. The average molecular weight is 293 g/mol. The highest BCUT2D eigenvalue weighted by Crippen LogP contribution is 2.12. The number of likely N-dealkylation sites (N-methyl/N-ethyl adjacent to an activating group) is 1. The van der Waals surface area contributed by atoms with Crippen molar-refractivity contribution in [1.82, 2.24) is 4.90 Å². The molecule has 0 N–H and O–H groups in total. The SMILES string of the molecule is CN(CC(=O)c1cc(F)ccc1F)Cc1cccc(F)c1. The third-order valence-electron chi connectivity index (χ3n) is 2.98. The fraction of sp³-hybridized carbons (Fsp3) is 0.188. The molecule has 0 aliphatic heterocycles. The summed E-state index contributed by atoms with van der Waals surface area (Å²) in [5, 5.41) is 0. The second kappa shape index (κ2) is 6.54. The van der Waals surface area contributed by atoms with Gasteiger partial charge in [-0.1, -0.05) is 12.1 Å². The molecule has 0 fully saturated rings. The fourth-order valence-electron chi connectivity index (χ4n) is 2.04. The van der Waals surface area contributed by atoms with E-state index in [1.807, 2.05) is 0 Å². The first-order valence-electron chi connectivity index (χ1n) is 6.37. The van der Waals surface area contributed by atoms with E-state index in [0.717, 1.165) is 18.2 Å². The van der Waals surface area contributed by atoms with Crippen LogP contribution in [-0.4, -0.2) is 24.3 Å². The lowest BCUT2D eigenvalue weighted by Crippen LogP contribution is -2.26. The summed E-state index contributed by atoms with van der Waals surface area (Å²) in [5.41, 5.74) is 0.422. The maximum absolute atomic E-state index is 13.5. The second-order valence-electron chi connectivity index (χ2n) is 4.85. The lowest BCUT2D eigenvalue weighted by molar-refractivity contribution is 0.0938. The minimum absolute atomic E-state index is 0.0864. The van der Waals surface area contributed by atoms with Crippen LogP contribution in [0.25, 0.3) is 0 Å². The molecule has 21 heavy (non-hydrogen) atoms. The zero-order valence-corrected chi connectivity index (χ0v) is 11.4. The van der Waals surface area contributed by atoms with Gasteiger partial charge in [-0.25, -0.2) is 13.2 Å². The molecule has 0 aromatic heterocycles. The van der Waals surface area contributed by atoms with Gasteiger partial charge in [-0.05, 0) is 42.9 Å². The van der Waals surface area contributed by atoms with Gasteiger partial charge in [0.1, 0.15) is 17.5 Å². The quantitative estimate of drug-likeness (QED) is 0.787. The average Bonchev–Trinajstić information content (AvgIpc) is 2.41. The van der Waals surface area contributed by atoms with Gasteiger partial charge in [-0.15, -0.1) is 0 Å². The Bertz CT molecular complexity index is 658. The van der Waals surface area contributed by atoms with Crippen molar-refractivity contribution < 1.29 is 18.0 Å². The van der Waals surface area contributed by atoms with Crippen molar-refractivity contribution in [2.75, 3.05) is 13.6 Å². The molecular formula is C16H14F3NO. The van der Waals surface area contributed by atoms with Crippen LogP contribution in [-0.2, 0) is 6.54 Å². The van der Waals surface area contributed by atoms with Gasteiger partial charge in [0.2, 0.25) is 0 Å². The van der Waals surface area contributed by atoms with E-state index in [1.165, 1.54) is 12.1 Å². The molecule has 0 heterocycles. The molecule has 0 unspecified atom stereocenters. The number of Topliss-reactive ketones (excluding diaryl/α,β-unsaturated/α-hetero) is 1. The monoisotopic (exact) mass is 293 g/mol. The number of benzene rings is 2. The van der Waals surface area contributed by atoms with Crippen LogP contribution >= 0.6 is 0 Å². The molecule has 0 bridgehead atoms. The van der Waals surface area contributed by atoms with Crippen LogP contribution in [0.3, 0.4) is 0 Å². The van der Waals surface area contributed by atoms with Crippen LogP contribution < -0.4 is 0 Å². The Morgan fingerprint density at radius 1 is 1.05 bits per heavy atom. The van der Waals surface area contributed by atoms with E-state index in [0.29, 0.717) is 12.1 Å². The van der Waals surface area contributed by atoms with Crippen molar-refractivity contribution in [2.24, 2.45) is 0 Å². The topological polar surface area (TPSA) is 20.3 Å². The van der Waals surface area contributed by atoms with Gasteiger partial charge >= 0.3 is 0 Å². The van der Waals surface area contributed by atoms with Gasteiger partial charge in [0.15, 0.2) is 5.78 Å². The molecule has 0 saturated heterocycles. The summed E-state index contributed by atoms with van der Waals surface area (Å²) < 4.78 is 39.6. The molecule has 0 aliphatic carbocycles. The standard InChI is InChI=1S/C16H14F3NO/c1-20(9-11-3-2-4-12(17)7-11)10-16(21)14-8-13(18)5-6-15(14)19/h2-8H,9-10H2,1H3. The minimum Gasteiger partial charge on any atom is -0.295 e. The minimum atomic E-state index is -0.749. The highest BCUT2D eigenvalue weighted by molar-refractivity contribution is 5.97. The van der Waals surface area contributed by atoms with E-state index in [1.54, 1.807) is 24.1 Å². The summed E-state index contributed by atoms with van der Waals surface area (Å²) in [6, 6.07) is 8.77. The Balaban J connectivity index is 2.03. The summed E-state index contributed by atoms with van der Waals surface area (Å²) in [4.78, 5) is 13.6. The third-order valence-corrected chi connectivity index (χ3v) is 2.98. The molecule has 2 aromatic rings. The number of hydrogen-bond acceptors (Lipinski definition) is 2. The Morgan fingerprint density at radius 2 is 1.76 bits per heavy atom. The number of hydrogen-bond donors (Lipinski definition) is 0. The number of ketones is 1. The van der Waals surface area contributed by atoms with Crippen molar-refractivity contribution in [3.8, 4) is 0 Å². The van der Waals surface area contributed by atoms with Crippen LogP contribution in [0, 0.1) is 17.5 Å². The van der Waals surface area contributed by atoms with Gasteiger partial charge in [0.25, 0.3) is 0 Å². The van der Waals surface area contributed by atoms with Crippen LogP contribution in [0.15, 0.2) is 42.5 Å². The van der Waals surface area contributed by atoms with Crippen LogP contribution in [0.1, 0.15) is 15.9 Å². The molecule has 0 spiro atoms. The van der Waals surface area contributed by atoms with Crippen molar-refractivity contribution in [3.05, 3.63) is 71.0 Å². The molecule has 0 atom stereocenters. The summed E-state index contributed by atoms with van der Waals surface area (Å²) >= 11 is 0. The predicted octanol–water partition coefficient (Wildman–Crippen LogP) is 3.42. The van der Waals surface area contributed by atoms with E-state index in [-0.39, 0.29) is 17.9 Å². The van der Waals surface area contributed by atoms with Crippen molar-refractivity contribution in [1.29, 1.82) is 0 Å². The number of nitrogens with zero attached hydrogens (tertiary/aromatic N) is 1. The largest absolute Gasteiger partial charge is 0.295 e. The van der Waals surface area contributed by atoms with Crippen LogP contribution in [0.4, 0.5) is 13.2 Å². The summed E-state index contributed by atoms with van der Waals surface area (Å²) in [6.45, 7) is 0.247. The van der Waals surface area contributed by atoms with Gasteiger partial charge < -0.3 is 0 Å². The zero-order valence-electron chi connectivity index (χ0n) is 11.4. The fourth-order valence-corrected chi connectivity index (χ4v) is 2.04. The van der Waals surface area contributed by atoms with Crippen molar-refractivity contribution in [3.63, 3.8) is 0 Å². The van der Waals surface area contributed by atoms with Crippen LogP contribution in [0.5, 0.6) is 0 Å². The zero-order chi connectivity index (χ0) is 15.4. The Labute approximate surface area is 120 Å². The van der Waals surface area contributed by atoms with Gasteiger partial charge in [0, 0.05) is 6.54 Å². The number of carbonyl (C=O) groups is 1. The van der Waals surface area contributed by atoms with E-state index in [2.05, 4.69) is 0 Å². The van der Waals surface area contributed by atoms with E-state index in [4.69, 9.17) is 0 Å². The van der Waals surface area contributed by atoms with Crippen molar-refractivity contribution >= 4 is 5.78 Å². The number of halogens is 3.